The first-order valence-corrected chi connectivity index (χ1v) is 11.0. The van der Waals surface area contributed by atoms with Crippen LogP contribution in [-0.4, -0.2) is 49.7 Å². The molecule has 3 aromatic carbocycles. The minimum Gasteiger partial charge on any atom is -0.383 e. The number of carbonyl (C=O) groups excluding carboxylic acids is 1. The van der Waals surface area contributed by atoms with Crippen molar-refractivity contribution >= 4 is 16.7 Å². The number of hydrogen-bond acceptors (Lipinski definition) is 4. The lowest BCUT2D eigenvalue weighted by molar-refractivity contribution is -0.125. The van der Waals surface area contributed by atoms with E-state index >= 15 is 0 Å². The summed E-state index contributed by atoms with van der Waals surface area (Å²) < 4.78 is 5.08. The van der Waals surface area contributed by atoms with Crippen LogP contribution < -0.4 is 10.6 Å². The number of benzene rings is 3. The Morgan fingerprint density at radius 3 is 2.65 bits per heavy atom. The van der Waals surface area contributed by atoms with Gasteiger partial charge in [-0.1, -0.05) is 72.8 Å². The highest BCUT2D eigenvalue weighted by molar-refractivity contribution is 5.85. The maximum Gasteiger partial charge on any atom is 0.237 e. The predicted molar refractivity (Wildman–Crippen MR) is 125 cm³/mol. The summed E-state index contributed by atoms with van der Waals surface area (Å²) >= 11 is 0. The Morgan fingerprint density at radius 1 is 1.03 bits per heavy atom. The molecule has 162 valence electrons. The molecule has 1 aliphatic heterocycles. The molecule has 5 nitrogen and oxygen atoms in total. The van der Waals surface area contributed by atoms with E-state index in [1.807, 2.05) is 6.07 Å². The average molecular weight is 418 g/mol. The van der Waals surface area contributed by atoms with E-state index in [4.69, 9.17) is 4.74 Å². The summed E-state index contributed by atoms with van der Waals surface area (Å²) in [4.78, 5) is 15.2. The molecule has 1 aliphatic rings. The third kappa shape index (κ3) is 5.50. The van der Waals surface area contributed by atoms with E-state index in [2.05, 4.69) is 82.3 Å². The van der Waals surface area contributed by atoms with Gasteiger partial charge in [0.15, 0.2) is 0 Å². The van der Waals surface area contributed by atoms with Crippen molar-refractivity contribution < 1.29 is 9.53 Å². The first kappa shape index (κ1) is 21.5. The number of amides is 1. The molecule has 1 fully saturated rings. The number of ether oxygens (including phenoxy) is 1. The predicted octanol–water partition coefficient (Wildman–Crippen LogP) is 3.34. The van der Waals surface area contributed by atoms with Gasteiger partial charge in [0.05, 0.1) is 12.6 Å². The van der Waals surface area contributed by atoms with Crippen LogP contribution in [0.4, 0.5) is 0 Å². The Kier molecular flexibility index (Phi) is 7.30. The van der Waals surface area contributed by atoms with Crippen molar-refractivity contribution in [3.63, 3.8) is 0 Å². The normalized spacial score (nSPS) is 19.0. The Hall–Kier alpha value is -2.73. The van der Waals surface area contributed by atoms with Crippen molar-refractivity contribution in [2.75, 3.05) is 26.8 Å². The first-order chi connectivity index (χ1) is 15.2. The summed E-state index contributed by atoms with van der Waals surface area (Å²) in [5, 5.41) is 9.28. The van der Waals surface area contributed by atoms with Gasteiger partial charge < -0.3 is 15.4 Å². The number of nitrogens with zero attached hydrogens (tertiary/aromatic N) is 1. The molecular formula is C26H31N3O2. The Morgan fingerprint density at radius 2 is 1.81 bits per heavy atom. The van der Waals surface area contributed by atoms with E-state index in [1.165, 1.54) is 21.9 Å². The van der Waals surface area contributed by atoms with Crippen molar-refractivity contribution in [1.82, 2.24) is 15.5 Å². The number of likely N-dealkylation sites (tertiary alicyclic amines) is 1. The highest BCUT2D eigenvalue weighted by Crippen LogP contribution is 2.23. The van der Waals surface area contributed by atoms with Gasteiger partial charge in [-0.25, -0.2) is 0 Å². The zero-order valence-corrected chi connectivity index (χ0v) is 18.1. The third-order valence-corrected chi connectivity index (χ3v) is 6.00. The maximum absolute atomic E-state index is 12.9. The monoisotopic (exact) mass is 417 g/mol. The number of carbonyl (C=O) groups is 1. The lowest BCUT2D eigenvalue weighted by atomic mass is 10.0. The van der Waals surface area contributed by atoms with Crippen LogP contribution in [0.5, 0.6) is 0 Å². The van der Waals surface area contributed by atoms with Crippen LogP contribution in [0.3, 0.4) is 0 Å². The summed E-state index contributed by atoms with van der Waals surface area (Å²) in [5.74, 6) is 0.0856. The molecule has 0 aromatic heterocycles. The number of fused-ring (bicyclic) bond motifs is 1. The second kappa shape index (κ2) is 10.5. The quantitative estimate of drug-likeness (QED) is 0.525. The van der Waals surface area contributed by atoms with Gasteiger partial charge in [0.25, 0.3) is 0 Å². The third-order valence-electron chi connectivity index (χ3n) is 6.00. The Bertz CT molecular complexity index is 987. The zero-order chi connectivity index (χ0) is 21.5. The van der Waals surface area contributed by atoms with Gasteiger partial charge in [-0.15, -0.1) is 0 Å². The van der Waals surface area contributed by atoms with E-state index in [0.717, 1.165) is 26.1 Å². The molecular weight excluding hydrogens is 386 g/mol. The van der Waals surface area contributed by atoms with Gasteiger partial charge >= 0.3 is 0 Å². The van der Waals surface area contributed by atoms with Crippen LogP contribution in [0.25, 0.3) is 10.8 Å². The first-order valence-electron chi connectivity index (χ1n) is 11.0. The molecule has 0 radical (unpaired) electrons. The lowest BCUT2D eigenvalue weighted by Gasteiger charge is -2.23. The molecule has 2 atom stereocenters. The summed E-state index contributed by atoms with van der Waals surface area (Å²) in [6.45, 7) is 3.49. The van der Waals surface area contributed by atoms with Crippen LogP contribution in [0.2, 0.25) is 0 Å². The van der Waals surface area contributed by atoms with Crippen molar-refractivity contribution in [1.29, 1.82) is 0 Å². The lowest BCUT2D eigenvalue weighted by Crippen LogP contribution is -2.43. The van der Waals surface area contributed by atoms with Crippen LogP contribution in [0.1, 0.15) is 17.5 Å². The molecule has 0 aliphatic carbocycles. The molecule has 4 rings (SSSR count). The number of nitrogens with one attached hydrogen (secondary N) is 2. The zero-order valence-electron chi connectivity index (χ0n) is 18.1. The molecule has 5 heteroatoms. The van der Waals surface area contributed by atoms with Gasteiger partial charge in [0, 0.05) is 39.3 Å². The van der Waals surface area contributed by atoms with Gasteiger partial charge in [-0.3, -0.25) is 9.69 Å². The second-order valence-corrected chi connectivity index (χ2v) is 8.17. The maximum atomic E-state index is 12.9. The summed E-state index contributed by atoms with van der Waals surface area (Å²) in [5.41, 5.74) is 2.52. The Balaban J connectivity index is 1.43. The Labute approximate surface area is 184 Å². The van der Waals surface area contributed by atoms with Crippen LogP contribution in [0, 0.1) is 0 Å². The summed E-state index contributed by atoms with van der Waals surface area (Å²) in [6, 6.07) is 25.4. The van der Waals surface area contributed by atoms with E-state index in [1.54, 1.807) is 7.11 Å². The molecule has 1 amide bonds. The number of hydrogen-bond donors (Lipinski definition) is 2. The van der Waals surface area contributed by atoms with Crippen LogP contribution >= 0.6 is 0 Å². The second-order valence-electron chi connectivity index (χ2n) is 8.17. The van der Waals surface area contributed by atoms with Gasteiger partial charge in [0.1, 0.15) is 0 Å². The van der Waals surface area contributed by atoms with Gasteiger partial charge in [0.2, 0.25) is 5.91 Å². The fourth-order valence-corrected chi connectivity index (χ4v) is 4.41. The highest BCUT2D eigenvalue weighted by Gasteiger charge is 2.36. The number of methoxy groups -OCH3 is 1. The van der Waals surface area contributed by atoms with E-state index in [0.29, 0.717) is 13.2 Å². The topological polar surface area (TPSA) is 53.6 Å². The fraction of sp³-hybridized carbons (Fsp3) is 0.346. The standard InChI is InChI=1S/C26H31N3O2/c1-31-15-14-27-26(30)25-16-23(19-29(25)18-20-8-3-2-4-9-20)28-17-22-12-7-11-21-10-5-6-13-24(21)22/h2-13,23,25,28H,14-19H2,1H3,(H,27,30). The molecule has 1 saturated heterocycles. The summed E-state index contributed by atoms with van der Waals surface area (Å²) in [6.07, 6.45) is 0.802. The molecule has 0 bridgehead atoms. The minimum absolute atomic E-state index is 0.0856. The minimum atomic E-state index is -0.137. The SMILES string of the molecule is COCCNC(=O)C1CC(NCc2cccc3ccccc23)CN1Cc1ccccc1. The highest BCUT2D eigenvalue weighted by atomic mass is 16.5. The van der Waals surface area contributed by atoms with Gasteiger partial charge in [-0.05, 0) is 28.3 Å². The molecule has 2 N–H and O–H groups in total. The average Bonchev–Trinajstić information content (AvgIpc) is 3.21. The van der Waals surface area contributed by atoms with E-state index in [9.17, 15) is 4.79 Å². The molecule has 0 saturated carbocycles. The van der Waals surface area contributed by atoms with Crippen molar-refractivity contribution in [2.45, 2.75) is 31.6 Å². The van der Waals surface area contributed by atoms with Gasteiger partial charge in [-0.2, -0.15) is 0 Å². The van der Waals surface area contributed by atoms with E-state index in [-0.39, 0.29) is 18.0 Å². The molecule has 3 aromatic rings. The van der Waals surface area contributed by atoms with Crippen LogP contribution in [-0.2, 0) is 22.6 Å². The van der Waals surface area contributed by atoms with Crippen molar-refractivity contribution in [3.05, 3.63) is 83.9 Å². The smallest absolute Gasteiger partial charge is 0.237 e. The summed E-state index contributed by atoms with van der Waals surface area (Å²) in [7, 11) is 1.65. The molecule has 1 heterocycles. The van der Waals surface area contributed by atoms with Crippen LogP contribution in [0.15, 0.2) is 72.8 Å². The molecule has 0 spiro atoms. The fourth-order valence-electron chi connectivity index (χ4n) is 4.41. The molecule has 2 unspecified atom stereocenters. The van der Waals surface area contributed by atoms with E-state index < -0.39 is 0 Å². The van der Waals surface area contributed by atoms with Crippen molar-refractivity contribution in [2.24, 2.45) is 0 Å². The molecule has 31 heavy (non-hydrogen) atoms. The number of rotatable bonds is 9. The largest absolute Gasteiger partial charge is 0.383 e. The van der Waals surface area contributed by atoms with Crippen molar-refractivity contribution in [3.8, 4) is 0 Å².